The van der Waals surface area contributed by atoms with Crippen LogP contribution in [0.5, 0.6) is 5.75 Å². The predicted molar refractivity (Wildman–Crippen MR) is 98.7 cm³/mol. The van der Waals surface area contributed by atoms with Crippen LogP contribution in [0.25, 0.3) is 16.7 Å². The maximum Gasteiger partial charge on any atom is 0.168 e. The zero-order valence-corrected chi connectivity index (χ0v) is 13.9. The summed E-state index contributed by atoms with van der Waals surface area (Å²) in [6.45, 7) is 0. The van der Waals surface area contributed by atoms with Gasteiger partial charge in [-0.15, -0.1) is 0 Å². The first-order valence-corrected chi connectivity index (χ1v) is 7.88. The van der Waals surface area contributed by atoms with Crippen molar-refractivity contribution in [2.24, 2.45) is 5.10 Å². The van der Waals surface area contributed by atoms with E-state index in [2.05, 4.69) is 30.6 Å². The third kappa shape index (κ3) is 2.95. The van der Waals surface area contributed by atoms with Crippen LogP contribution in [0.2, 0.25) is 0 Å². The second-order valence-electron chi connectivity index (χ2n) is 5.34. The summed E-state index contributed by atoms with van der Waals surface area (Å²) in [5.41, 5.74) is 5.28. The van der Waals surface area contributed by atoms with Gasteiger partial charge in [-0.25, -0.2) is 14.6 Å². The van der Waals surface area contributed by atoms with Gasteiger partial charge in [0.25, 0.3) is 0 Å². The summed E-state index contributed by atoms with van der Waals surface area (Å²) in [5.74, 6) is 1.27. The Balaban J connectivity index is 1.68. The molecule has 1 aromatic carbocycles. The number of pyridine rings is 1. The molecular weight excluding hydrogens is 330 g/mol. The molecule has 0 fully saturated rings. The molecule has 0 radical (unpaired) electrons. The summed E-state index contributed by atoms with van der Waals surface area (Å²) < 4.78 is 7.13. The van der Waals surface area contributed by atoms with Gasteiger partial charge in [0.15, 0.2) is 11.5 Å². The van der Waals surface area contributed by atoms with E-state index in [1.165, 1.54) is 6.33 Å². The molecule has 0 atom stereocenters. The van der Waals surface area contributed by atoms with Crippen LogP contribution in [-0.4, -0.2) is 38.1 Å². The normalized spacial score (nSPS) is 11.1. The summed E-state index contributed by atoms with van der Waals surface area (Å²) >= 11 is 0. The average molecular weight is 345 g/mol. The number of para-hydroxylation sites is 2. The first-order valence-electron chi connectivity index (χ1n) is 7.88. The Hall–Kier alpha value is -3.81. The number of nitrogens with zero attached hydrogens (tertiary/aromatic N) is 6. The second-order valence-corrected chi connectivity index (χ2v) is 5.34. The van der Waals surface area contributed by atoms with Gasteiger partial charge < -0.3 is 4.74 Å². The number of aromatic nitrogens is 5. The van der Waals surface area contributed by atoms with E-state index >= 15 is 0 Å². The fraction of sp³-hybridized carbons (Fsp3) is 0.0556. The highest BCUT2D eigenvalue weighted by Gasteiger charge is 2.13. The smallest absolute Gasteiger partial charge is 0.168 e. The summed E-state index contributed by atoms with van der Waals surface area (Å²) in [6, 6.07) is 11.4. The summed E-state index contributed by atoms with van der Waals surface area (Å²) in [5, 5.41) is 9.40. The summed E-state index contributed by atoms with van der Waals surface area (Å²) in [6.07, 6.45) is 8.28. The fourth-order valence-corrected chi connectivity index (χ4v) is 2.53. The molecule has 3 heterocycles. The second kappa shape index (κ2) is 6.98. The van der Waals surface area contributed by atoms with Crippen molar-refractivity contribution in [2.45, 2.75) is 0 Å². The zero-order valence-electron chi connectivity index (χ0n) is 13.9. The number of hydrazone groups is 1. The van der Waals surface area contributed by atoms with Crippen molar-refractivity contribution in [3.8, 4) is 11.4 Å². The SMILES string of the molecule is COc1ccccc1-n1ncc2c(N/N=C/c3cccnc3)ncnc21. The monoisotopic (exact) mass is 345 g/mol. The molecule has 3 aromatic heterocycles. The third-order valence-corrected chi connectivity index (χ3v) is 3.75. The fourth-order valence-electron chi connectivity index (χ4n) is 2.53. The van der Waals surface area contributed by atoms with Crippen molar-refractivity contribution < 1.29 is 4.74 Å². The van der Waals surface area contributed by atoms with Crippen molar-refractivity contribution in [1.29, 1.82) is 0 Å². The van der Waals surface area contributed by atoms with E-state index in [4.69, 9.17) is 4.74 Å². The van der Waals surface area contributed by atoms with Crippen LogP contribution in [-0.2, 0) is 0 Å². The van der Waals surface area contributed by atoms with Crippen molar-refractivity contribution >= 4 is 23.1 Å². The Labute approximate surface area is 149 Å². The standard InChI is InChI=1S/C18H15N7O/c1-26-16-7-3-2-6-15(16)25-18-14(11-23-25)17(20-12-21-18)24-22-10-13-5-4-8-19-9-13/h2-12H,1H3,(H,20,21,24)/b22-10+. The Morgan fingerprint density at radius 3 is 2.88 bits per heavy atom. The number of fused-ring (bicyclic) bond motifs is 1. The highest BCUT2D eigenvalue weighted by molar-refractivity contribution is 5.88. The van der Waals surface area contributed by atoms with E-state index in [9.17, 15) is 0 Å². The molecule has 0 saturated carbocycles. The lowest BCUT2D eigenvalue weighted by atomic mass is 10.3. The van der Waals surface area contributed by atoms with Crippen LogP contribution in [0.15, 0.2) is 66.4 Å². The van der Waals surface area contributed by atoms with Gasteiger partial charge in [0.05, 0.1) is 24.9 Å². The Kier molecular flexibility index (Phi) is 4.21. The first kappa shape index (κ1) is 15.7. The number of benzene rings is 1. The Morgan fingerprint density at radius 1 is 1.12 bits per heavy atom. The number of hydrogen-bond acceptors (Lipinski definition) is 7. The molecule has 0 aliphatic carbocycles. The number of hydrogen-bond donors (Lipinski definition) is 1. The quantitative estimate of drug-likeness (QED) is 0.442. The van der Waals surface area contributed by atoms with Crippen LogP contribution in [0, 0.1) is 0 Å². The minimum absolute atomic E-state index is 0.566. The molecule has 4 aromatic rings. The molecule has 0 saturated heterocycles. The van der Waals surface area contributed by atoms with E-state index in [0.29, 0.717) is 17.2 Å². The number of nitrogens with one attached hydrogen (secondary N) is 1. The van der Waals surface area contributed by atoms with E-state index in [0.717, 1.165) is 16.6 Å². The van der Waals surface area contributed by atoms with Crippen LogP contribution in [0.4, 0.5) is 5.82 Å². The Morgan fingerprint density at radius 2 is 2.04 bits per heavy atom. The van der Waals surface area contributed by atoms with Crippen molar-refractivity contribution in [1.82, 2.24) is 24.7 Å². The van der Waals surface area contributed by atoms with Gasteiger partial charge in [0.2, 0.25) is 0 Å². The highest BCUT2D eigenvalue weighted by atomic mass is 16.5. The van der Waals surface area contributed by atoms with E-state index in [-0.39, 0.29) is 0 Å². The molecule has 8 nitrogen and oxygen atoms in total. The lowest BCUT2D eigenvalue weighted by Crippen LogP contribution is -2.01. The van der Waals surface area contributed by atoms with Crippen LogP contribution in [0.1, 0.15) is 5.56 Å². The number of rotatable bonds is 5. The summed E-state index contributed by atoms with van der Waals surface area (Å²) in [4.78, 5) is 12.6. The van der Waals surface area contributed by atoms with Crippen LogP contribution < -0.4 is 10.2 Å². The van der Waals surface area contributed by atoms with E-state index < -0.39 is 0 Å². The van der Waals surface area contributed by atoms with Gasteiger partial charge >= 0.3 is 0 Å². The van der Waals surface area contributed by atoms with Gasteiger partial charge in [-0.1, -0.05) is 18.2 Å². The van der Waals surface area contributed by atoms with Gasteiger partial charge in [-0.2, -0.15) is 10.2 Å². The molecule has 0 unspecified atom stereocenters. The highest BCUT2D eigenvalue weighted by Crippen LogP contribution is 2.26. The molecule has 1 N–H and O–H groups in total. The molecule has 8 heteroatoms. The predicted octanol–water partition coefficient (Wildman–Crippen LogP) is 2.67. The van der Waals surface area contributed by atoms with Crippen molar-refractivity contribution in [3.63, 3.8) is 0 Å². The molecular formula is C18H15N7O. The van der Waals surface area contributed by atoms with Gasteiger partial charge in [-0.3, -0.25) is 10.4 Å². The topological polar surface area (TPSA) is 90.1 Å². The molecule has 0 spiro atoms. The largest absolute Gasteiger partial charge is 0.494 e. The minimum atomic E-state index is 0.566. The van der Waals surface area contributed by atoms with Crippen molar-refractivity contribution in [2.75, 3.05) is 12.5 Å². The molecule has 0 aliphatic rings. The van der Waals surface area contributed by atoms with Crippen LogP contribution >= 0.6 is 0 Å². The minimum Gasteiger partial charge on any atom is -0.494 e. The summed E-state index contributed by atoms with van der Waals surface area (Å²) in [7, 11) is 1.62. The first-order chi connectivity index (χ1) is 12.9. The molecule has 0 amide bonds. The molecule has 0 bridgehead atoms. The number of anilines is 1. The molecule has 26 heavy (non-hydrogen) atoms. The van der Waals surface area contributed by atoms with E-state index in [1.807, 2.05) is 36.4 Å². The third-order valence-electron chi connectivity index (χ3n) is 3.75. The molecule has 0 aliphatic heterocycles. The molecule has 128 valence electrons. The Bertz CT molecular complexity index is 1060. The maximum atomic E-state index is 5.41. The maximum absolute atomic E-state index is 5.41. The zero-order chi connectivity index (χ0) is 17.8. The average Bonchev–Trinajstić information content (AvgIpc) is 3.13. The number of methoxy groups -OCH3 is 1. The van der Waals surface area contributed by atoms with Crippen LogP contribution in [0.3, 0.4) is 0 Å². The van der Waals surface area contributed by atoms with E-state index in [1.54, 1.807) is 36.6 Å². The number of ether oxygens (including phenoxy) is 1. The lowest BCUT2D eigenvalue weighted by molar-refractivity contribution is 0.412. The van der Waals surface area contributed by atoms with Gasteiger partial charge in [0, 0.05) is 18.0 Å². The van der Waals surface area contributed by atoms with Crippen molar-refractivity contribution in [3.05, 3.63) is 66.9 Å². The van der Waals surface area contributed by atoms with Gasteiger partial charge in [0.1, 0.15) is 17.8 Å². The van der Waals surface area contributed by atoms with Gasteiger partial charge in [-0.05, 0) is 18.2 Å². The lowest BCUT2D eigenvalue weighted by Gasteiger charge is -2.08. The molecule has 4 rings (SSSR count).